The summed E-state index contributed by atoms with van der Waals surface area (Å²) in [7, 11) is 0. The van der Waals surface area contributed by atoms with Gasteiger partial charge in [-0.05, 0) is 86.3 Å². The van der Waals surface area contributed by atoms with Crippen LogP contribution in [-0.2, 0) is 0 Å². The number of rotatable bonds is 3. The Bertz CT molecular complexity index is 469. The van der Waals surface area contributed by atoms with Crippen molar-refractivity contribution in [3.05, 3.63) is 35.4 Å². The Hall–Kier alpha value is -0.820. The van der Waals surface area contributed by atoms with Crippen LogP contribution < -0.4 is 5.73 Å². The average molecular weight is 269 g/mol. The minimum absolute atomic E-state index is 0.537. The van der Waals surface area contributed by atoms with E-state index in [1.165, 1.54) is 49.7 Å². The van der Waals surface area contributed by atoms with Gasteiger partial charge in [0.05, 0.1) is 0 Å². The zero-order valence-electron chi connectivity index (χ0n) is 12.6. The highest BCUT2D eigenvalue weighted by Crippen LogP contribution is 2.64. The van der Waals surface area contributed by atoms with Gasteiger partial charge in [-0.25, -0.2) is 0 Å². The first-order valence-electron chi connectivity index (χ1n) is 8.46. The molecule has 0 amide bonds. The molecule has 1 aromatic carbocycles. The Labute approximate surface area is 122 Å². The highest BCUT2D eigenvalue weighted by Gasteiger charge is 2.54. The summed E-state index contributed by atoms with van der Waals surface area (Å²) in [5.74, 6) is 3.63. The fourth-order valence-corrected chi connectivity index (χ4v) is 6.29. The van der Waals surface area contributed by atoms with Crippen LogP contribution in [0.3, 0.4) is 0 Å². The summed E-state index contributed by atoms with van der Waals surface area (Å²) in [6, 6.07) is 8.96. The molecule has 4 fully saturated rings. The largest absolute Gasteiger partial charge is 0.330 e. The Kier molecular flexibility index (Phi) is 2.96. The quantitative estimate of drug-likeness (QED) is 0.872. The van der Waals surface area contributed by atoms with Gasteiger partial charge in [0, 0.05) is 5.92 Å². The van der Waals surface area contributed by atoms with Gasteiger partial charge in [0.25, 0.3) is 0 Å². The van der Waals surface area contributed by atoms with Crippen LogP contribution in [0.5, 0.6) is 0 Å². The number of hydrogen-bond acceptors (Lipinski definition) is 1. The van der Waals surface area contributed by atoms with Gasteiger partial charge in [0.15, 0.2) is 0 Å². The lowest BCUT2D eigenvalue weighted by Crippen LogP contribution is -2.50. The average Bonchev–Trinajstić information content (AvgIpc) is 2.40. The van der Waals surface area contributed by atoms with Crippen molar-refractivity contribution in [2.45, 2.75) is 51.4 Å². The summed E-state index contributed by atoms with van der Waals surface area (Å²) >= 11 is 0. The highest BCUT2D eigenvalue weighted by molar-refractivity contribution is 5.32. The van der Waals surface area contributed by atoms with E-state index in [2.05, 4.69) is 31.2 Å². The van der Waals surface area contributed by atoms with Crippen molar-refractivity contribution in [1.29, 1.82) is 0 Å². The Balaban J connectivity index is 1.73. The summed E-state index contributed by atoms with van der Waals surface area (Å²) in [5.41, 5.74) is 9.81. The van der Waals surface area contributed by atoms with E-state index in [4.69, 9.17) is 5.73 Å². The second-order valence-electron chi connectivity index (χ2n) is 7.92. The first-order chi connectivity index (χ1) is 9.70. The Morgan fingerprint density at radius 3 is 2.10 bits per heavy atom. The van der Waals surface area contributed by atoms with Gasteiger partial charge in [-0.1, -0.05) is 24.3 Å². The van der Waals surface area contributed by atoms with Crippen LogP contribution >= 0.6 is 0 Å². The van der Waals surface area contributed by atoms with Crippen molar-refractivity contribution >= 4 is 0 Å². The van der Waals surface area contributed by atoms with Crippen LogP contribution in [0.1, 0.15) is 55.6 Å². The third-order valence-corrected chi connectivity index (χ3v) is 6.62. The zero-order valence-corrected chi connectivity index (χ0v) is 12.6. The predicted octanol–water partition coefficient (Wildman–Crippen LogP) is 4.25. The van der Waals surface area contributed by atoms with Crippen molar-refractivity contribution in [3.63, 3.8) is 0 Å². The van der Waals surface area contributed by atoms with Crippen molar-refractivity contribution in [2.75, 3.05) is 6.54 Å². The fourth-order valence-electron chi connectivity index (χ4n) is 6.29. The predicted molar refractivity (Wildman–Crippen MR) is 83.6 cm³/mol. The first kappa shape index (κ1) is 12.9. The molecule has 4 saturated carbocycles. The normalized spacial score (nSPS) is 40.0. The number of nitrogens with two attached hydrogens (primary N) is 1. The zero-order chi connectivity index (χ0) is 13.7. The van der Waals surface area contributed by atoms with Crippen molar-refractivity contribution in [3.8, 4) is 0 Å². The first-order valence-corrected chi connectivity index (χ1v) is 8.46. The van der Waals surface area contributed by atoms with E-state index in [0.29, 0.717) is 11.3 Å². The minimum Gasteiger partial charge on any atom is -0.330 e. The summed E-state index contributed by atoms with van der Waals surface area (Å²) in [5, 5.41) is 0. The van der Waals surface area contributed by atoms with Crippen LogP contribution in [0.2, 0.25) is 0 Å². The molecule has 0 radical (unpaired) electrons. The van der Waals surface area contributed by atoms with Crippen LogP contribution in [0, 0.1) is 30.1 Å². The second-order valence-corrected chi connectivity index (χ2v) is 7.92. The van der Waals surface area contributed by atoms with Crippen LogP contribution in [0.25, 0.3) is 0 Å². The molecule has 4 aliphatic rings. The Morgan fingerprint density at radius 2 is 1.60 bits per heavy atom. The fraction of sp³-hybridized carbons (Fsp3) is 0.684. The maximum atomic E-state index is 6.30. The van der Waals surface area contributed by atoms with Gasteiger partial charge < -0.3 is 5.73 Å². The Morgan fingerprint density at radius 1 is 1.05 bits per heavy atom. The second kappa shape index (κ2) is 4.59. The third kappa shape index (κ3) is 1.86. The molecular formula is C19H27N. The van der Waals surface area contributed by atoms with E-state index in [9.17, 15) is 0 Å². The van der Waals surface area contributed by atoms with E-state index in [1.807, 2.05) is 0 Å². The maximum absolute atomic E-state index is 6.30. The van der Waals surface area contributed by atoms with Crippen molar-refractivity contribution in [2.24, 2.45) is 28.9 Å². The van der Waals surface area contributed by atoms with E-state index in [0.717, 1.165) is 24.3 Å². The topological polar surface area (TPSA) is 26.0 Å². The summed E-state index contributed by atoms with van der Waals surface area (Å²) in [6.45, 7) is 3.09. The van der Waals surface area contributed by atoms with Crippen LogP contribution in [0.15, 0.2) is 24.3 Å². The molecule has 4 bridgehead atoms. The molecule has 1 unspecified atom stereocenters. The molecule has 20 heavy (non-hydrogen) atoms. The van der Waals surface area contributed by atoms with E-state index in [1.54, 1.807) is 0 Å². The number of benzene rings is 1. The molecule has 2 N–H and O–H groups in total. The molecule has 5 rings (SSSR count). The molecule has 0 saturated heterocycles. The minimum atomic E-state index is 0.537. The number of aryl methyl sites for hydroxylation is 1. The lowest BCUT2D eigenvalue weighted by atomic mass is 9.45. The SMILES string of the molecule is Cc1ccccc1C(CN)C12CC3CC(CC(C3)C1)C2. The molecule has 0 aliphatic heterocycles. The standard InChI is InChI=1S/C19H27N/c1-13-4-2-3-5-17(13)18(12-20)19-9-14-6-15(10-19)8-16(7-14)11-19/h2-5,14-16,18H,6-12,20H2,1H3. The van der Waals surface area contributed by atoms with Gasteiger partial charge in [0.2, 0.25) is 0 Å². The smallest absolute Gasteiger partial charge is 0.00206 e. The van der Waals surface area contributed by atoms with Crippen LogP contribution in [0.4, 0.5) is 0 Å². The molecule has 1 nitrogen and oxygen atoms in total. The molecule has 0 heterocycles. The lowest BCUT2D eigenvalue weighted by Gasteiger charge is -2.59. The summed E-state index contributed by atoms with van der Waals surface area (Å²) in [6.07, 6.45) is 8.92. The van der Waals surface area contributed by atoms with E-state index in [-0.39, 0.29) is 0 Å². The third-order valence-electron chi connectivity index (χ3n) is 6.62. The molecular weight excluding hydrogens is 242 g/mol. The molecule has 0 spiro atoms. The van der Waals surface area contributed by atoms with E-state index >= 15 is 0 Å². The van der Waals surface area contributed by atoms with Gasteiger partial charge in [-0.15, -0.1) is 0 Å². The summed E-state index contributed by atoms with van der Waals surface area (Å²) < 4.78 is 0. The van der Waals surface area contributed by atoms with Gasteiger partial charge >= 0.3 is 0 Å². The van der Waals surface area contributed by atoms with Crippen molar-refractivity contribution in [1.82, 2.24) is 0 Å². The summed E-state index contributed by atoms with van der Waals surface area (Å²) in [4.78, 5) is 0. The van der Waals surface area contributed by atoms with Gasteiger partial charge in [-0.3, -0.25) is 0 Å². The van der Waals surface area contributed by atoms with Gasteiger partial charge in [-0.2, -0.15) is 0 Å². The van der Waals surface area contributed by atoms with Crippen LogP contribution in [-0.4, -0.2) is 6.54 Å². The molecule has 1 heteroatoms. The maximum Gasteiger partial charge on any atom is 0.00206 e. The molecule has 4 aliphatic carbocycles. The van der Waals surface area contributed by atoms with Crippen molar-refractivity contribution < 1.29 is 0 Å². The molecule has 1 aromatic rings. The number of hydrogen-bond donors (Lipinski definition) is 1. The highest BCUT2D eigenvalue weighted by atomic mass is 14.6. The van der Waals surface area contributed by atoms with E-state index < -0.39 is 0 Å². The molecule has 0 aromatic heterocycles. The lowest BCUT2D eigenvalue weighted by molar-refractivity contribution is -0.0672. The monoisotopic (exact) mass is 269 g/mol. The van der Waals surface area contributed by atoms with Gasteiger partial charge in [0.1, 0.15) is 0 Å². The molecule has 108 valence electrons. The molecule has 1 atom stereocenters.